The van der Waals surface area contributed by atoms with Gasteiger partial charge in [0.15, 0.2) is 5.44 Å². The van der Waals surface area contributed by atoms with Gasteiger partial charge in [0.05, 0.1) is 11.4 Å². The number of hydrogen-bond acceptors (Lipinski definition) is 7. The fourth-order valence-electron chi connectivity index (χ4n) is 2.76. The molecule has 150 valence electrons. The molecular weight excluding hydrogens is 376 g/mol. The first kappa shape index (κ1) is 23.5. The van der Waals surface area contributed by atoms with Gasteiger partial charge in [0, 0.05) is 20.1 Å². The number of rotatable bonds is 14. The van der Waals surface area contributed by atoms with Gasteiger partial charge in [0.25, 0.3) is 0 Å². The van der Waals surface area contributed by atoms with E-state index in [-0.39, 0.29) is 17.0 Å². The largest absolute Gasteiger partial charge is 0.479 e. The predicted octanol–water partition coefficient (Wildman–Crippen LogP) is 2.33. The summed E-state index contributed by atoms with van der Waals surface area (Å²) in [5, 5.41) is 27.7. The summed E-state index contributed by atoms with van der Waals surface area (Å²) >= 11 is 2.59. The minimum absolute atomic E-state index is 0.0821. The molecule has 0 radical (unpaired) electrons. The molecule has 1 rings (SSSR count). The van der Waals surface area contributed by atoms with E-state index < -0.39 is 17.5 Å². The molecule has 1 fully saturated rings. The molecule has 0 bridgehead atoms. The summed E-state index contributed by atoms with van der Waals surface area (Å²) < 4.78 is 4.99. The van der Waals surface area contributed by atoms with Crippen molar-refractivity contribution in [2.24, 2.45) is 5.92 Å². The van der Waals surface area contributed by atoms with Crippen LogP contribution in [0.25, 0.3) is 0 Å². The van der Waals surface area contributed by atoms with Crippen molar-refractivity contribution in [3.05, 3.63) is 12.2 Å². The number of allylic oxidation sites excluding steroid dienone is 1. The molecule has 3 N–H and O–H groups in total. The third kappa shape index (κ3) is 9.41. The van der Waals surface area contributed by atoms with Crippen LogP contribution < -0.4 is 0 Å². The van der Waals surface area contributed by atoms with Crippen molar-refractivity contribution in [2.45, 2.75) is 55.3 Å². The highest BCUT2D eigenvalue weighted by Gasteiger charge is 2.33. The van der Waals surface area contributed by atoms with Crippen molar-refractivity contribution in [3.8, 4) is 0 Å². The Hall–Kier alpha value is -0.540. The smallest absolute Gasteiger partial charge is 0.343 e. The van der Waals surface area contributed by atoms with Crippen LogP contribution in [0, 0.1) is 5.92 Å². The lowest BCUT2D eigenvalue weighted by Gasteiger charge is -2.15. The van der Waals surface area contributed by atoms with Gasteiger partial charge in [-0.3, -0.25) is 4.79 Å². The van der Waals surface area contributed by atoms with E-state index in [1.165, 1.54) is 0 Å². The maximum atomic E-state index is 12.1. The second kappa shape index (κ2) is 13.6. The van der Waals surface area contributed by atoms with E-state index in [0.29, 0.717) is 25.2 Å². The number of carbonyl (C=O) groups excluding carboxylic acids is 1. The van der Waals surface area contributed by atoms with Gasteiger partial charge in [0.1, 0.15) is 5.78 Å². The molecule has 0 aliphatic heterocycles. The van der Waals surface area contributed by atoms with Gasteiger partial charge >= 0.3 is 5.97 Å². The number of thioether (sulfide) groups is 2. The highest BCUT2D eigenvalue weighted by molar-refractivity contribution is 8.01. The van der Waals surface area contributed by atoms with Gasteiger partial charge in [-0.05, 0) is 49.5 Å². The average molecular weight is 407 g/mol. The number of unbranched alkanes of at least 4 members (excludes halogenated alkanes) is 1. The Bertz CT molecular complexity index is 457. The lowest BCUT2D eigenvalue weighted by molar-refractivity contribution is -0.141. The lowest BCUT2D eigenvalue weighted by atomic mass is 10.0. The van der Waals surface area contributed by atoms with Crippen LogP contribution in [-0.4, -0.2) is 69.1 Å². The zero-order chi connectivity index (χ0) is 19.4. The zero-order valence-corrected chi connectivity index (χ0v) is 16.8. The van der Waals surface area contributed by atoms with E-state index >= 15 is 0 Å². The summed E-state index contributed by atoms with van der Waals surface area (Å²) in [6.07, 6.45) is 7.96. The van der Waals surface area contributed by atoms with Crippen molar-refractivity contribution < 1.29 is 29.6 Å². The maximum Gasteiger partial charge on any atom is 0.343 e. The van der Waals surface area contributed by atoms with E-state index in [9.17, 15) is 19.8 Å². The van der Waals surface area contributed by atoms with E-state index in [0.717, 1.165) is 43.2 Å². The average Bonchev–Trinajstić information content (AvgIpc) is 2.96. The number of hydrogen-bond donors (Lipinski definition) is 3. The maximum absolute atomic E-state index is 12.1. The SMILES string of the molecule is COCCCCC(O)C=C[C@H]1CCC(=O)[C@@H]1SCCCSC(O)C(=O)O. The van der Waals surface area contributed by atoms with Crippen molar-refractivity contribution in [3.63, 3.8) is 0 Å². The first-order valence-electron chi connectivity index (χ1n) is 8.97. The number of methoxy groups -OCH3 is 1. The summed E-state index contributed by atoms with van der Waals surface area (Å²) in [7, 11) is 1.66. The second-order valence-corrected chi connectivity index (χ2v) is 8.75. The number of ether oxygens (including phenoxy) is 1. The Morgan fingerprint density at radius 3 is 2.77 bits per heavy atom. The molecule has 26 heavy (non-hydrogen) atoms. The molecule has 1 aliphatic carbocycles. The molecule has 0 saturated heterocycles. The van der Waals surface area contributed by atoms with Crippen LogP contribution in [0.15, 0.2) is 12.2 Å². The highest BCUT2D eigenvalue weighted by Crippen LogP contribution is 2.34. The van der Waals surface area contributed by atoms with Crippen molar-refractivity contribution in [1.82, 2.24) is 0 Å². The first-order chi connectivity index (χ1) is 12.5. The van der Waals surface area contributed by atoms with E-state index in [2.05, 4.69) is 0 Å². The number of carboxylic acids is 1. The molecule has 4 atom stereocenters. The third-order valence-electron chi connectivity index (χ3n) is 4.18. The molecule has 0 aromatic heterocycles. The van der Waals surface area contributed by atoms with Crippen molar-refractivity contribution in [1.29, 1.82) is 0 Å². The van der Waals surface area contributed by atoms with E-state index in [1.54, 1.807) is 18.9 Å². The van der Waals surface area contributed by atoms with Crippen LogP contribution in [0.4, 0.5) is 0 Å². The molecular formula is C18H30O6S2. The Kier molecular flexibility index (Phi) is 12.3. The molecule has 0 amide bonds. The molecule has 0 spiro atoms. The molecule has 1 aliphatic rings. The zero-order valence-electron chi connectivity index (χ0n) is 15.2. The summed E-state index contributed by atoms with van der Waals surface area (Å²) in [5.74, 6) is 0.470. The minimum atomic E-state index is -1.38. The molecule has 0 heterocycles. The number of aliphatic hydroxyl groups excluding tert-OH is 2. The van der Waals surface area contributed by atoms with Gasteiger partial charge in [-0.25, -0.2) is 4.79 Å². The van der Waals surface area contributed by atoms with Crippen molar-refractivity contribution >= 4 is 35.3 Å². The van der Waals surface area contributed by atoms with Crippen LogP contribution in [0.3, 0.4) is 0 Å². The quantitative estimate of drug-likeness (QED) is 0.229. The highest BCUT2D eigenvalue weighted by atomic mass is 32.2. The van der Waals surface area contributed by atoms with Crippen LogP contribution in [0.1, 0.15) is 38.5 Å². The van der Waals surface area contributed by atoms with Gasteiger partial charge in [-0.2, -0.15) is 0 Å². The van der Waals surface area contributed by atoms with Crippen LogP contribution in [0.2, 0.25) is 0 Å². The number of carboxylic acid groups (broad SMARTS) is 1. The Morgan fingerprint density at radius 2 is 2.08 bits per heavy atom. The van der Waals surface area contributed by atoms with E-state index in [4.69, 9.17) is 9.84 Å². The molecule has 8 heteroatoms. The van der Waals surface area contributed by atoms with Crippen LogP contribution >= 0.6 is 23.5 Å². The standard InChI is InChI=1S/C18H30O6S2/c1-24-10-3-2-5-14(19)8-6-13-7-9-15(20)16(13)25-11-4-12-26-18(23)17(21)22/h6,8,13-14,16,18-19,23H,2-5,7,9-12H2,1H3,(H,21,22)/t13-,14?,16+,18?/m0/s1. The fourth-order valence-corrected chi connectivity index (χ4v) is 4.96. The summed E-state index contributed by atoms with van der Waals surface area (Å²) in [5.41, 5.74) is -1.38. The molecule has 0 aromatic carbocycles. The van der Waals surface area contributed by atoms with Gasteiger partial charge in [-0.1, -0.05) is 12.2 Å². The Labute approximate surface area is 163 Å². The van der Waals surface area contributed by atoms with E-state index in [1.807, 2.05) is 12.2 Å². The van der Waals surface area contributed by atoms with Gasteiger partial charge < -0.3 is 20.1 Å². The number of carbonyl (C=O) groups is 2. The Morgan fingerprint density at radius 1 is 1.31 bits per heavy atom. The first-order valence-corrected chi connectivity index (χ1v) is 11.1. The molecule has 6 nitrogen and oxygen atoms in total. The molecule has 2 unspecified atom stereocenters. The summed E-state index contributed by atoms with van der Waals surface area (Å²) in [6, 6.07) is 0. The second-order valence-electron chi connectivity index (χ2n) is 6.32. The fraction of sp³-hybridized carbons (Fsp3) is 0.778. The van der Waals surface area contributed by atoms with Crippen LogP contribution in [-0.2, 0) is 14.3 Å². The third-order valence-corrected chi connectivity index (χ3v) is 6.72. The topological polar surface area (TPSA) is 104 Å². The van der Waals surface area contributed by atoms with Crippen molar-refractivity contribution in [2.75, 3.05) is 25.2 Å². The monoisotopic (exact) mass is 406 g/mol. The van der Waals surface area contributed by atoms with Gasteiger partial charge in [0.2, 0.25) is 0 Å². The predicted molar refractivity (Wildman–Crippen MR) is 106 cm³/mol. The molecule has 1 saturated carbocycles. The Balaban J connectivity index is 2.29. The van der Waals surface area contributed by atoms with Gasteiger partial charge in [-0.15, -0.1) is 23.5 Å². The number of Topliss-reactive ketones (excluding diaryl/α,β-unsaturated/α-hetero) is 1. The number of aliphatic hydroxyl groups is 2. The normalized spacial score (nSPS) is 22.8. The number of ketones is 1. The molecule has 0 aromatic rings. The summed E-state index contributed by atoms with van der Waals surface area (Å²) in [4.78, 5) is 22.6. The number of aliphatic carboxylic acids is 1. The minimum Gasteiger partial charge on any atom is -0.479 e. The van der Waals surface area contributed by atoms with Crippen LogP contribution in [0.5, 0.6) is 0 Å². The summed E-state index contributed by atoms with van der Waals surface area (Å²) in [6.45, 7) is 0.702. The lowest BCUT2D eigenvalue weighted by Crippen LogP contribution is -2.18.